The Hall–Kier alpha value is -1.42. The fourth-order valence-electron chi connectivity index (χ4n) is 2.02. The zero-order valence-electron chi connectivity index (χ0n) is 11.9. The molecule has 3 nitrogen and oxygen atoms in total. The summed E-state index contributed by atoms with van der Waals surface area (Å²) in [6.07, 6.45) is 1.58. The normalized spacial score (nSPS) is 12.2. The first kappa shape index (κ1) is 15.6. The fourth-order valence-corrected chi connectivity index (χ4v) is 2.02. The summed E-state index contributed by atoms with van der Waals surface area (Å²) in [6.45, 7) is 3.38. The zero-order valence-corrected chi connectivity index (χ0v) is 11.9. The van der Waals surface area contributed by atoms with Crippen LogP contribution in [0.25, 0.3) is 0 Å². The van der Waals surface area contributed by atoms with Crippen molar-refractivity contribution in [3.8, 4) is 0 Å². The van der Waals surface area contributed by atoms with Gasteiger partial charge in [0.1, 0.15) is 5.82 Å². The van der Waals surface area contributed by atoms with Gasteiger partial charge in [-0.3, -0.25) is 4.79 Å². The predicted molar refractivity (Wildman–Crippen MR) is 75.4 cm³/mol. The highest BCUT2D eigenvalue weighted by Crippen LogP contribution is 2.08. The van der Waals surface area contributed by atoms with Crippen LogP contribution in [0.2, 0.25) is 0 Å². The van der Waals surface area contributed by atoms with Gasteiger partial charge in [-0.15, -0.1) is 0 Å². The molecule has 4 heteroatoms. The molecule has 0 saturated carbocycles. The zero-order chi connectivity index (χ0) is 14.3. The highest BCUT2D eigenvalue weighted by atomic mass is 19.1. The molecule has 0 fully saturated rings. The average Bonchev–Trinajstić information content (AvgIpc) is 2.43. The smallest absolute Gasteiger partial charge is 0.226 e. The van der Waals surface area contributed by atoms with Crippen molar-refractivity contribution in [1.29, 1.82) is 0 Å². The number of carbonyl (C=O) groups excluding carboxylic acids is 1. The van der Waals surface area contributed by atoms with E-state index in [9.17, 15) is 9.18 Å². The molecule has 0 spiro atoms. The number of carbonyl (C=O) groups is 1. The van der Waals surface area contributed by atoms with Gasteiger partial charge in [-0.05, 0) is 37.6 Å². The summed E-state index contributed by atoms with van der Waals surface area (Å²) < 4.78 is 12.8. The number of rotatable bonds is 7. The van der Waals surface area contributed by atoms with E-state index in [1.54, 1.807) is 17.0 Å². The van der Waals surface area contributed by atoms with E-state index in [0.717, 1.165) is 18.4 Å². The number of hydrogen-bond donors (Lipinski definition) is 1. The molecular formula is C15H23FN2O. The minimum absolute atomic E-state index is 0.0308. The largest absolute Gasteiger partial charge is 0.345 e. The molecule has 1 atom stereocenters. The summed E-state index contributed by atoms with van der Waals surface area (Å²) in [7, 11) is 3.68. The minimum Gasteiger partial charge on any atom is -0.345 e. The highest BCUT2D eigenvalue weighted by molar-refractivity contribution is 5.78. The van der Waals surface area contributed by atoms with Crippen molar-refractivity contribution in [3.63, 3.8) is 0 Å². The monoisotopic (exact) mass is 266 g/mol. The van der Waals surface area contributed by atoms with Gasteiger partial charge in [0.2, 0.25) is 5.91 Å². The van der Waals surface area contributed by atoms with Crippen molar-refractivity contribution in [3.05, 3.63) is 35.6 Å². The Labute approximate surface area is 114 Å². The average molecular weight is 266 g/mol. The van der Waals surface area contributed by atoms with Crippen LogP contribution < -0.4 is 5.32 Å². The van der Waals surface area contributed by atoms with E-state index in [-0.39, 0.29) is 17.6 Å². The molecule has 0 aromatic heterocycles. The number of amides is 1. The molecule has 0 aliphatic carbocycles. The van der Waals surface area contributed by atoms with E-state index in [0.29, 0.717) is 13.1 Å². The number of likely N-dealkylation sites (N-methyl/N-ethyl adjacent to an activating group) is 1. The summed E-state index contributed by atoms with van der Waals surface area (Å²) in [5, 5.41) is 3.05. The second kappa shape index (κ2) is 7.89. The molecule has 19 heavy (non-hydrogen) atoms. The fraction of sp³-hybridized carbons (Fsp3) is 0.533. The van der Waals surface area contributed by atoms with E-state index in [1.165, 1.54) is 12.1 Å². The molecule has 0 bridgehead atoms. The summed E-state index contributed by atoms with van der Waals surface area (Å²) >= 11 is 0. The van der Waals surface area contributed by atoms with Crippen LogP contribution in [0.3, 0.4) is 0 Å². The van der Waals surface area contributed by atoms with E-state index in [1.807, 2.05) is 21.0 Å². The Bertz CT molecular complexity index is 392. The van der Waals surface area contributed by atoms with Crippen molar-refractivity contribution < 1.29 is 9.18 Å². The standard InChI is InChI=1S/C15H23FN2O/c1-4-13(11-17-2)15(19)18(3)10-9-12-5-7-14(16)8-6-12/h5-8,13,17H,4,9-11H2,1-3H3. The Morgan fingerprint density at radius 3 is 2.53 bits per heavy atom. The van der Waals surface area contributed by atoms with Crippen molar-refractivity contribution >= 4 is 5.91 Å². The highest BCUT2D eigenvalue weighted by Gasteiger charge is 2.19. The van der Waals surface area contributed by atoms with Crippen molar-refractivity contribution in [2.24, 2.45) is 5.92 Å². The molecular weight excluding hydrogens is 243 g/mol. The van der Waals surface area contributed by atoms with Gasteiger partial charge in [-0.1, -0.05) is 19.1 Å². The first-order valence-electron chi connectivity index (χ1n) is 6.72. The summed E-state index contributed by atoms with van der Waals surface area (Å²) in [4.78, 5) is 13.9. The van der Waals surface area contributed by atoms with Crippen LogP contribution in [0.4, 0.5) is 4.39 Å². The third kappa shape index (κ3) is 4.99. The third-order valence-corrected chi connectivity index (χ3v) is 3.32. The Kier molecular flexibility index (Phi) is 6.50. The van der Waals surface area contributed by atoms with Gasteiger partial charge in [0.15, 0.2) is 0 Å². The quantitative estimate of drug-likeness (QED) is 0.819. The molecule has 0 aliphatic rings. The Morgan fingerprint density at radius 2 is 2.00 bits per heavy atom. The molecule has 1 aromatic rings. The van der Waals surface area contributed by atoms with Crippen molar-refractivity contribution in [2.45, 2.75) is 19.8 Å². The van der Waals surface area contributed by atoms with Crippen LogP contribution in [-0.4, -0.2) is 38.0 Å². The second-order valence-electron chi connectivity index (χ2n) is 4.80. The first-order chi connectivity index (χ1) is 9.08. The van der Waals surface area contributed by atoms with Crippen LogP contribution in [-0.2, 0) is 11.2 Å². The van der Waals surface area contributed by atoms with E-state index in [4.69, 9.17) is 0 Å². The molecule has 1 N–H and O–H groups in total. The van der Waals surface area contributed by atoms with Gasteiger partial charge in [0.25, 0.3) is 0 Å². The lowest BCUT2D eigenvalue weighted by molar-refractivity contribution is -0.134. The number of benzene rings is 1. The number of hydrogen-bond acceptors (Lipinski definition) is 2. The van der Waals surface area contributed by atoms with Gasteiger partial charge in [-0.25, -0.2) is 4.39 Å². The first-order valence-corrected chi connectivity index (χ1v) is 6.72. The lowest BCUT2D eigenvalue weighted by Crippen LogP contribution is -2.38. The maximum atomic E-state index is 12.8. The number of nitrogens with zero attached hydrogens (tertiary/aromatic N) is 1. The van der Waals surface area contributed by atoms with Crippen LogP contribution in [0.15, 0.2) is 24.3 Å². The predicted octanol–water partition coefficient (Wildman–Crippen LogP) is 2.07. The Morgan fingerprint density at radius 1 is 1.37 bits per heavy atom. The molecule has 1 unspecified atom stereocenters. The molecule has 0 saturated heterocycles. The van der Waals surface area contributed by atoms with Crippen molar-refractivity contribution in [1.82, 2.24) is 10.2 Å². The molecule has 0 heterocycles. The van der Waals surface area contributed by atoms with Crippen LogP contribution in [0.5, 0.6) is 0 Å². The summed E-state index contributed by atoms with van der Waals surface area (Å²) in [5.74, 6) is -0.0320. The number of nitrogens with one attached hydrogen (secondary N) is 1. The van der Waals surface area contributed by atoms with Gasteiger partial charge < -0.3 is 10.2 Å². The van der Waals surface area contributed by atoms with Crippen molar-refractivity contribution in [2.75, 3.05) is 27.2 Å². The lowest BCUT2D eigenvalue weighted by atomic mass is 10.0. The van der Waals surface area contributed by atoms with Gasteiger partial charge in [-0.2, -0.15) is 0 Å². The lowest BCUT2D eigenvalue weighted by Gasteiger charge is -2.23. The second-order valence-corrected chi connectivity index (χ2v) is 4.80. The van der Waals surface area contributed by atoms with E-state index >= 15 is 0 Å². The molecule has 1 aromatic carbocycles. The molecule has 1 amide bonds. The Balaban J connectivity index is 2.47. The van der Waals surface area contributed by atoms with E-state index < -0.39 is 0 Å². The van der Waals surface area contributed by atoms with Crippen LogP contribution in [0.1, 0.15) is 18.9 Å². The SMILES string of the molecule is CCC(CNC)C(=O)N(C)CCc1ccc(F)cc1. The molecule has 106 valence electrons. The van der Waals surface area contributed by atoms with E-state index in [2.05, 4.69) is 5.32 Å². The molecule has 1 rings (SSSR count). The van der Waals surface area contributed by atoms with Gasteiger partial charge in [0, 0.05) is 20.1 Å². The van der Waals surface area contributed by atoms with Gasteiger partial charge >= 0.3 is 0 Å². The van der Waals surface area contributed by atoms with Crippen LogP contribution >= 0.6 is 0 Å². The van der Waals surface area contributed by atoms with Gasteiger partial charge in [0.05, 0.1) is 5.92 Å². The molecule has 0 aliphatic heterocycles. The maximum Gasteiger partial charge on any atom is 0.226 e. The van der Waals surface area contributed by atoms with Crippen LogP contribution in [0, 0.1) is 11.7 Å². The number of halogens is 1. The summed E-state index contributed by atoms with van der Waals surface area (Å²) in [6, 6.07) is 6.43. The maximum absolute atomic E-state index is 12.8. The summed E-state index contributed by atoms with van der Waals surface area (Å²) in [5.41, 5.74) is 1.04. The topological polar surface area (TPSA) is 32.3 Å². The third-order valence-electron chi connectivity index (χ3n) is 3.32. The molecule has 0 radical (unpaired) electrons. The minimum atomic E-state index is -0.228.